The van der Waals surface area contributed by atoms with Gasteiger partial charge < -0.3 is 14.6 Å². The molecule has 0 unspecified atom stereocenters. The maximum atomic E-state index is 13.0. The van der Waals surface area contributed by atoms with Crippen LogP contribution >= 0.6 is 0 Å². The number of aryl methyl sites for hydroxylation is 1. The molecule has 172 valence electrons. The maximum absolute atomic E-state index is 13.0. The van der Waals surface area contributed by atoms with Crippen LogP contribution in [0.4, 0.5) is 17.1 Å². The lowest BCUT2D eigenvalue weighted by Gasteiger charge is -2.28. The number of nitrogens with one attached hydrogen (secondary N) is 1. The molecule has 8 heteroatoms. The molecule has 0 atom stereocenters. The zero-order chi connectivity index (χ0) is 23.7. The van der Waals surface area contributed by atoms with Crippen molar-refractivity contribution >= 4 is 34.1 Å². The molecular weight excluding hydrogens is 432 g/mol. The summed E-state index contributed by atoms with van der Waals surface area (Å²) in [6.45, 7) is 3.45. The summed E-state index contributed by atoms with van der Waals surface area (Å²) in [5.74, 6) is 0.0457. The van der Waals surface area contributed by atoms with Gasteiger partial charge in [-0.2, -0.15) is 0 Å². The normalized spacial score (nSPS) is 13.7. The third-order valence-electron chi connectivity index (χ3n) is 6.16. The largest absolute Gasteiger partial charge is 0.436 e. The standard InChI is InChI=1S/C26H24N4O4/c1-17-9-10-19(26-28-20-7-3-4-8-24(20)34-26)15-21(17)27-25(31)18-11-12-22(23(16-18)30(32)33)29-13-5-2-6-14-29/h3-4,7-12,15-16H,2,5-6,13-14H2,1H3,(H,27,31). The van der Waals surface area contributed by atoms with Gasteiger partial charge in [0.1, 0.15) is 11.2 Å². The predicted molar refractivity (Wildman–Crippen MR) is 131 cm³/mol. The number of nitrogens with zero attached hydrogens (tertiary/aromatic N) is 3. The number of nitro groups is 1. The second kappa shape index (κ2) is 8.97. The van der Waals surface area contributed by atoms with Gasteiger partial charge in [0.25, 0.3) is 11.6 Å². The summed E-state index contributed by atoms with van der Waals surface area (Å²) in [6.07, 6.45) is 3.15. The third-order valence-corrected chi connectivity index (χ3v) is 6.16. The number of piperidine rings is 1. The molecule has 1 amide bonds. The van der Waals surface area contributed by atoms with Crippen molar-refractivity contribution in [1.29, 1.82) is 0 Å². The van der Waals surface area contributed by atoms with Crippen molar-refractivity contribution in [2.45, 2.75) is 26.2 Å². The van der Waals surface area contributed by atoms with E-state index in [0.29, 0.717) is 22.8 Å². The first-order valence-corrected chi connectivity index (χ1v) is 11.3. The number of fused-ring (bicyclic) bond motifs is 1. The highest BCUT2D eigenvalue weighted by Gasteiger charge is 2.23. The Labute approximate surface area is 196 Å². The monoisotopic (exact) mass is 456 g/mol. The minimum absolute atomic E-state index is 0.0495. The third kappa shape index (κ3) is 4.22. The van der Waals surface area contributed by atoms with E-state index in [-0.39, 0.29) is 11.3 Å². The van der Waals surface area contributed by atoms with Crippen LogP contribution < -0.4 is 10.2 Å². The Kier molecular flexibility index (Phi) is 5.71. The van der Waals surface area contributed by atoms with Crippen LogP contribution in [0.25, 0.3) is 22.6 Å². The number of amides is 1. The first-order valence-electron chi connectivity index (χ1n) is 11.3. The van der Waals surface area contributed by atoms with E-state index >= 15 is 0 Å². The van der Waals surface area contributed by atoms with Crippen molar-refractivity contribution in [2.24, 2.45) is 0 Å². The van der Waals surface area contributed by atoms with Crippen molar-refractivity contribution < 1.29 is 14.1 Å². The van der Waals surface area contributed by atoms with Crippen molar-refractivity contribution in [3.8, 4) is 11.5 Å². The lowest BCUT2D eigenvalue weighted by Crippen LogP contribution is -2.30. The van der Waals surface area contributed by atoms with Crippen molar-refractivity contribution in [2.75, 3.05) is 23.3 Å². The molecule has 1 N–H and O–H groups in total. The molecule has 1 aliphatic heterocycles. The number of hydrogen-bond donors (Lipinski definition) is 1. The zero-order valence-electron chi connectivity index (χ0n) is 18.8. The number of aromatic nitrogens is 1. The number of nitro benzene ring substituents is 1. The average molecular weight is 457 g/mol. The van der Waals surface area contributed by atoms with Gasteiger partial charge in [0.15, 0.2) is 5.58 Å². The minimum Gasteiger partial charge on any atom is -0.436 e. The highest BCUT2D eigenvalue weighted by Crippen LogP contribution is 2.32. The van der Waals surface area contributed by atoms with Crippen molar-refractivity contribution in [3.05, 3.63) is 81.9 Å². The van der Waals surface area contributed by atoms with E-state index in [9.17, 15) is 14.9 Å². The molecular formula is C26H24N4O4. The van der Waals surface area contributed by atoms with Crippen LogP contribution in [0.3, 0.4) is 0 Å². The highest BCUT2D eigenvalue weighted by molar-refractivity contribution is 6.05. The topological polar surface area (TPSA) is 102 Å². The van der Waals surface area contributed by atoms with E-state index in [1.54, 1.807) is 18.2 Å². The van der Waals surface area contributed by atoms with Gasteiger partial charge in [-0.1, -0.05) is 18.2 Å². The van der Waals surface area contributed by atoms with E-state index < -0.39 is 10.8 Å². The molecule has 5 rings (SSSR count). The quantitative estimate of drug-likeness (QED) is 0.294. The number of benzene rings is 3. The predicted octanol–water partition coefficient (Wildman–Crippen LogP) is 5.95. The summed E-state index contributed by atoms with van der Waals surface area (Å²) in [6, 6.07) is 17.7. The Morgan fingerprint density at radius 2 is 1.85 bits per heavy atom. The molecule has 34 heavy (non-hydrogen) atoms. The van der Waals surface area contributed by atoms with Gasteiger partial charge in [0.2, 0.25) is 5.89 Å². The van der Waals surface area contributed by atoms with Gasteiger partial charge >= 0.3 is 0 Å². The molecule has 4 aromatic rings. The van der Waals surface area contributed by atoms with Gasteiger partial charge in [-0.15, -0.1) is 0 Å². The molecule has 0 aliphatic carbocycles. The number of carbonyl (C=O) groups excluding carboxylic acids is 1. The molecule has 0 bridgehead atoms. The number of oxazole rings is 1. The minimum atomic E-state index is -0.417. The number of anilines is 2. The molecule has 1 aromatic heterocycles. The van der Waals surface area contributed by atoms with E-state index in [4.69, 9.17) is 4.42 Å². The number of carbonyl (C=O) groups is 1. The first kappa shape index (κ1) is 21.6. The molecule has 0 spiro atoms. The molecule has 2 heterocycles. The van der Waals surface area contributed by atoms with E-state index in [2.05, 4.69) is 10.3 Å². The summed E-state index contributed by atoms with van der Waals surface area (Å²) in [5.41, 5.74) is 4.36. The summed E-state index contributed by atoms with van der Waals surface area (Å²) in [4.78, 5) is 30.9. The Morgan fingerprint density at radius 3 is 2.62 bits per heavy atom. The van der Waals surface area contributed by atoms with Gasteiger partial charge in [-0.3, -0.25) is 14.9 Å². The van der Waals surface area contributed by atoms with E-state index in [1.165, 1.54) is 6.07 Å². The molecule has 1 aliphatic rings. The number of hydrogen-bond acceptors (Lipinski definition) is 6. The molecule has 0 radical (unpaired) electrons. The lowest BCUT2D eigenvalue weighted by atomic mass is 10.1. The highest BCUT2D eigenvalue weighted by atomic mass is 16.6. The maximum Gasteiger partial charge on any atom is 0.293 e. The van der Waals surface area contributed by atoms with Crippen LogP contribution in [0, 0.1) is 17.0 Å². The van der Waals surface area contributed by atoms with Crippen LogP contribution in [-0.2, 0) is 0 Å². The second-order valence-corrected chi connectivity index (χ2v) is 8.48. The van der Waals surface area contributed by atoms with Crippen LogP contribution in [-0.4, -0.2) is 28.9 Å². The second-order valence-electron chi connectivity index (χ2n) is 8.48. The van der Waals surface area contributed by atoms with Crippen LogP contribution in [0.1, 0.15) is 35.2 Å². The summed E-state index contributed by atoms with van der Waals surface area (Å²) in [5, 5.41) is 14.6. The Balaban J connectivity index is 1.42. The van der Waals surface area contributed by atoms with E-state index in [1.807, 2.05) is 48.2 Å². The molecule has 0 saturated carbocycles. The summed E-state index contributed by atoms with van der Waals surface area (Å²) < 4.78 is 5.85. The van der Waals surface area contributed by atoms with Crippen LogP contribution in [0.15, 0.2) is 65.1 Å². The molecule has 3 aromatic carbocycles. The number of para-hydroxylation sites is 2. The molecule has 1 fully saturated rings. The molecule has 1 saturated heterocycles. The fourth-order valence-corrected chi connectivity index (χ4v) is 4.29. The van der Waals surface area contributed by atoms with Crippen LogP contribution in [0.2, 0.25) is 0 Å². The smallest absolute Gasteiger partial charge is 0.293 e. The average Bonchev–Trinajstić information content (AvgIpc) is 3.30. The summed E-state index contributed by atoms with van der Waals surface area (Å²) >= 11 is 0. The van der Waals surface area contributed by atoms with Crippen molar-refractivity contribution in [1.82, 2.24) is 4.98 Å². The van der Waals surface area contributed by atoms with Gasteiger partial charge in [0, 0.05) is 36.0 Å². The van der Waals surface area contributed by atoms with Gasteiger partial charge in [-0.05, 0) is 68.1 Å². The van der Waals surface area contributed by atoms with Crippen molar-refractivity contribution in [3.63, 3.8) is 0 Å². The molecule has 8 nitrogen and oxygen atoms in total. The number of rotatable bonds is 5. The fourth-order valence-electron chi connectivity index (χ4n) is 4.29. The Morgan fingerprint density at radius 1 is 1.06 bits per heavy atom. The SMILES string of the molecule is Cc1ccc(-c2nc3ccccc3o2)cc1NC(=O)c1ccc(N2CCCCC2)c([N+](=O)[O-])c1. The lowest BCUT2D eigenvalue weighted by molar-refractivity contribution is -0.384. The Bertz CT molecular complexity index is 1360. The van der Waals surface area contributed by atoms with Gasteiger partial charge in [-0.25, -0.2) is 4.98 Å². The van der Waals surface area contributed by atoms with Gasteiger partial charge in [0.05, 0.1) is 4.92 Å². The summed E-state index contributed by atoms with van der Waals surface area (Å²) in [7, 11) is 0. The van der Waals surface area contributed by atoms with Crippen LogP contribution in [0.5, 0.6) is 0 Å². The van der Waals surface area contributed by atoms with E-state index in [0.717, 1.165) is 49.0 Å². The first-order chi connectivity index (χ1) is 16.5. The Hall–Kier alpha value is -4.20. The fraction of sp³-hybridized carbons (Fsp3) is 0.231. The zero-order valence-corrected chi connectivity index (χ0v) is 18.8.